The van der Waals surface area contributed by atoms with Crippen LogP contribution < -0.4 is 0 Å². The van der Waals surface area contributed by atoms with Gasteiger partial charge in [-0.25, -0.2) is 9.48 Å². The number of likely N-dealkylation sites (N-methyl/N-ethyl adjacent to an activating group) is 1. The number of carbonyl (C=O) groups excluding carboxylic acids is 2. The summed E-state index contributed by atoms with van der Waals surface area (Å²) in [5.74, 6) is -1.47. The number of rotatable bonds is 3. The summed E-state index contributed by atoms with van der Waals surface area (Å²) < 4.78 is 1.49. The molecule has 1 aromatic heterocycles. The van der Waals surface area contributed by atoms with E-state index in [-0.39, 0.29) is 30.0 Å². The predicted octanol–water partition coefficient (Wildman–Crippen LogP) is -1.41. The molecule has 0 bridgehead atoms. The Bertz CT molecular complexity index is 591. The quantitative estimate of drug-likeness (QED) is 0.677. The van der Waals surface area contributed by atoms with Crippen LogP contribution in [0.25, 0.3) is 0 Å². The van der Waals surface area contributed by atoms with Crippen LogP contribution in [-0.2, 0) is 9.59 Å². The second kappa shape index (κ2) is 4.37. The summed E-state index contributed by atoms with van der Waals surface area (Å²) in [5.41, 5.74) is -0.102. The van der Waals surface area contributed by atoms with Crippen molar-refractivity contribution in [2.75, 3.05) is 20.1 Å². The number of aromatic nitrogens is 3. The van der Waals surface area contributed by atoms with E-state index in [2.05, 4.69) is 10.3 Å². The van der Waals surface area contributed by atoms with Crippen molar-refractivity contribution < 1.29 is 19.5 Å². The Balaban J connectivity index is 1.62. The third-order valence-electron chi connectivity index (χ3n) is 3.79. The smallest absolute Gasteiger partial charge is 0.358 e. The molecule has 0 aromatic carbocycles. The average Bonchev–Trinajstić information content (AvgIpc) is 2.91. The highest BCUT2D eigenvalue weighted by atomic mass is 16.4. The summed E-state index contributed by atoms with van der Waals surface area (Å²) in [6.07, 6.45) is 1.58. The van der Waals surface area contributed by atoms with E-state index in [9.17, 15) is 14.4 Å². The lowest BCUT2D eigenvalue weighted by Crippen LogP contribution is -2.55. The Morgan fingerprint density at radius 1 is 1.40 bits per heavy atom. The minimum atomic E-state index is -1.12. The van der Waals surface area contributed by atoms with E-state index in [1.54, 1.807) is 0 Å². The molecular weight excluding hydrogens is 266 g/mol. The van der Waals surface area contributed by atoms with Gasteiger partial charge in [0, 0.05) is 20.1 Å². The van der Waals surface area contributed by atoms with E-state index >= 15 is 0 Å². The number of amides is 2. The first kappa shape index (κ1) is 12.7. The van der Waals surface area contributed by atoms with Crippen molar-refractivity contribution in [2.45, 2.75) is 18.5 Å². The van der Waals surface area contributed by atoms with Gasteiger partial charge in [-0.1, -0.05) is 5.21 Å². The molecule has 1 unspecified atom stereocenters. The third-order valence-corrected chi connectivity index (χ3v) is 3.79. The van der Waals surface area contributed by atoms with Gasteiger partial charge in [0.2, 0.25) is 11.8 Å². The fourth-order valence-electron chi connectivity index (χ4n) is 2.48. The lowest BCUT2D eigenvalue weighted by Gasteiger charge is -2.41. The highest BCUT2D eigenvalue weighted by Crippen LogP contribution is 2.27. The molecule has 2 aliphatic heterocycles. The van der Waals surface area contributed by atoms with Crippen molar-refractivity contribution in [1.82, 2.24) is 24.8 Å². The predicted molar refractivity (Wildman–Crippen MR) is 63.8 cm³/mol. The molecule has 3 rings (SSSR count). The van der Waals surface area contributed by atoms with Crippen LogP contribution in [0.15, 0.2) is 6.20 Å². The highest BCUT2D eigenvalue weighted by Gasteiger charge is 2.45. The average molecular weight is 279 g/mol. The summed E-state index contributed by atoms with van der Waals surface area (Å²) in [5, 5.41) is 16.1. The maximum Gasteiger partial charge on any atom is 0.358 e. The van der Waals surface area contributed by atoms with Crippen molar-refractivity contribution in [3.05, 3.63) is 11.9 Å². The molecule has 0 saturated carbocycles. The van der Waals surface area contributed by atoms with Gasteiger partial charge in [0.1, 0.15) is 0 Å². The number of aromatic carboxylic acids is 1. The summed E-state index contributed by atoms with van der Waals surface area (Å²) in [6, 6.07) is -0.407. The van der Waals surface area contributed by atoms with Gasteiger partial charge in [0.05, 0.1) is 24.7 Å². The maximum atomic E-state index is 11.8. The van der Waals surface area contributed by atoms with E-state index in [0.717, 1.165) is 4.90 Å². The normalized spacial score (nSPS) is 24.2. The van der Waals surface area contributed by atoms with E-state index in [0.29, 0.717) is 13.1 Å². The number of imide groups is 1. The molecule has 3 heterocycles. The molecule has 0 aliphatic carbocycles. The maximum absolute atomic E-state index is 11.8. The molecular formula is C11H13N5O4. The SMILES string of the molecule is CN1C(=O)CC(N2CC(n3cc(C(=O)O)nn3)C2)C1=O. The minimum absolute atomic E-state index is 0.00981. The van der Waals surface area contributed by atoms with E-state index in [1.165, 1.54) is 17.9 Å². The van der Waals surface area contributed by atoms with Crippen LogP contribution in [0.2, 0.25) is 0 Å². The number of hydrogen-bond acceptors (Lipinski definition) is 6. The van der Waals surface area contributed by atoms with Crippen LogP contribution >= 0.6 is 0 Å². The number of hydrogen-bond donors (Lipinski definition) is 1. The minimum Gasteiger partial charge on any atom is -0.476 e. The molecule has 106 valence electrons. The van der Waals surface area contributed by atoms with Crippen LogP contribution in [0.3, 0.4) is 0 Å². The number of carboxylic acid groups (broad SMARTS) is 1. The van der Waals surface area contributed by atoms with E-state index in [4.69, 9.17) is 5.11 Å². The van der Waals surface area contributed by atoms with Crippen molar-refractivity contribution in [3.63, 3.8) is 0 Å². The number of likely N-dealkylation sites (tertiary alicyclic amines) is 2. The van der Waals surface area contributed by atoms with Crippen molar-refractivity contribution in [3.8, 4) is 0 Å². The van der Waals surface area contributed by atoms with Crippen LogP contribution in [0.4, 0.5) is 0 Å². The molecule has 0 spiro atoms. The summed E-state index contributed by atoms with van der Waals surface area (Å²) >= 11 is 0. The number of nitrogens with zero attached hydrogens (tertiary/aromatic N) is 5. The van der Waals surface area contributed by atoms with E-state index < -0.39 is 12.0 Å². The molecule has 1 N–H and O–H groups in total. The molecule has 0 radical (unpaired) electrons. The highest BCUT2D eigenvalue weighted by molar-refractivity contribution is 6.05. The van der Waals surface area contributed by atoms with Gasteiger partial charge in [-0.15, -0.1) is 5.10 Å². The van der Waals surface area contributed by atoms with Gasteiger partial charge in [-0.2, -0.15) is 0 Å². The molecule has 1 atom stereocenters. The summed E-state index contributed by atoms with van der Waals surface area (Å²) in [6.45, 7) is 1.11. The zero-order chi connectivity index (χ0) is 14.4. The zero-order valence-electron chi connectivity index (χ0n) is 10.8. The molecule has 2 fully saturated rings. The van der Waals surface area contributed by atoms with E-state index in [1.807, 2.05) is 4.90 Å². The van der Waals surface area contributed by atoms with Gasteiger partial charge in [0.15, 0.2) is 5.69 Å². The first-order valence-corrected chi connectivity index (χ1v) is 6.17. The van der Waals surface area contributed by atoms with Crippen LogP contribution in [0.1, 0.15) is 23.0 Å². The van der Waals surface area contributed by atoms with Gasteiger partial charge < -0.3 is 5.11 Å². The first-order valence-electron chi connectivity index (χ1n) is 6.17. The molecule has 1 aromatic rings. The number of carboxylic acids is 1. The van der Waals surface area contributed by atoms with Gasteiger partial charge in [-0.3, -0.25) is 19.4 Å². The molecule has 2 amide bonds. The Kier molecular flexibility index (Phi) is 2.78. The van der Waals surface area contributed by atoms with Crippen LogP contribution in [0, 0.1) is 0 Å². The lowest BCUT2D eigenvalue weighted by molar-refractivity contribution is -0.138. The Morgan fingerprint density at radius 3 is 2.60 bits per heavy atom. The zero-order valence-corrected chi connectivity index (χ0v) is 10.8. The van der Waals surface area contributed by atoms with Gasteiger partial charge in [0.25, 0.3) is 0 Å². The Morgan fingerprint density at radius 2 is 2.10 bits per heavy atom. The Labute approximate surface area is 113 Å². The largest absolute Gasteiger partial charge is 0.476 e. The second-order valence-corrected chi connectivity index (χ2v) is 5.01. The topological polar surface area (TPSA) is 109 Å². The monoisotopic (exact) mass is 279 g/mol. The summed E-state index contributed by atoms with van der Waals surface area (Å²) in [7, 11) is 1.48. The summed E-state index contributed by atoms with van der Waals surface area (Å²) in [4.78, 5) is 37.1. The fourth-order valence-corrected chi connectivity index (χ4v) is 2.48. The van der Waals surface area contributed by atoms with Crippen molar-refractivity contribution in [2.24, 2.45) is 0 Å². The van der Waals surface area contributed by atoms with Crippen molar-refractivity contribution >= 4 is 17.8 Å². The van der Waals surface area contributed by atoms with Crippen LogP contribution in [-0.4, -0.2) is 73.9 Å². The fraction of sp³-hybridized carbons (Fsp3) is 0.545. The molecule has 2 aliphatic rings. The first-order chi connectivity index (χ1) is 9.47. The van der Waals surface area contributed by atoms with Gasteiger partial charge >= 0.3 is 5.97 Å². The molecule has 20 heavy (non-hydrogen) atoms. The lowest BCUT2D eigenvalue weighted by atomic mass is 10.0. The molecule has 9 heteroatoms. The van der Waals surface area contributed by atoms with Crippen LogP contribution in [0.5, 0.6) is 0 Å². The molecule has 2 saturated heterocycles. The molecule has 9 nitrogen and oxygen atoms in total. The standard InChI is InChI=1S/C11H13N5O4/c1-14-9(17)2-8(10(14)18)15-3-6(4-15)16-5-7(11(19)20)12-13-16/h5-6,8H,2-4H2,1H3,(H,19,20). The van der Waals surface area contributed by atoms with Crippen molar-refractivity contribution in [1.29, 1.82) is 0 Å². The van der Waals surface area contributed by atoms with Gasteiger partial charge in [-0.05, 0) is 0 Å². The third kappa shape index (κ3) is 1.86. The number of carbonyl (C=O) groups is 3. The Hall–Kier alpha value is -2.29. The second-order valence-electron chi connectivity index (χ2n) is 5.01.